The minimum absolute atomic E-state index is 0.0699. The lowest BCUT2D eigenvalue weighted by Crippen LogP contribution is -2.36. The van der Waals surface area contributed by atoms with Crippen molar-refractivity contribution in [1.82, 2.24) is 10.2 Å². The molecule has 0 bridgehead atoms. The standard InChI is InChI=1S/C26H35N3O/c1-5-11-25(21-13-7-6-8-14-21)28-26(30)24(19-27)23(16-10-17-29(3)4)22-15-9-12-20(2)18-22/h6-9,12-15,18,23-25H,5,10-11,16-17H2,1-4H3,(H,28,30). The predicted molar refractivity (Wildman–Crippen MR) is 123 cm³/mol. The number of nitrogens with zero attached hydrogens (tertiary/aromatic N) is 2. The molecule has 0 saturated heterocycles. The average Bonchev–Trinajstić information content (AvgIpc) is 2.73. The number of carbonyl (C=O) groups is 1. The minimum atomic E-state index is -0.711. The molecule has 0 aromatic heterocycles. The fraction of sp³-hybridized carbons (Fsp3) is 0.462. The summed E-state index contributed by atoms with van der Waals surface area (Å²) >= 11 is 0. The second-order valence-corrected chi connectivity index (χ2v) is 8.33. The highest BCUT2D eigenvalue weighted by molar-refractivity contribution is 5.82. The van der Waals surface area contributed by atoms with Crippen LogP contribution in [0, 0.1) is 24.2 Å². The van der Waals surface area contributed by atoms with Gasteiger partial charge in [-0.15, -0.1) is 0 Å². The Labute approximate surface area is 181 Å². The molecule has 1 N–H and O–H groups in total. The highest BCUT2D eigenvalue weighted by Crippen LogP contribution is 2.31. The van der Waals surface area contributed by atoms with Gasteiger partial charge in [0.1, 0.15) is 5.92 Å². The highest BCUT2D eigenvalue weighted by atomic mass is 16.1. The van der Waals surface area contributed by atoms with Crippen molar-refractivity contribution in [1.29, 1.82) is 5.26 Å². The van der Waals surface area contributed by atoms with E-state index in [2.05, 4.69) is 42.3 Å². The minimum Gasteiger partial charge on any atom is -0.348 e. The fourth-order valence-electron chi connectivity index (χ4n) is 3.94. The molecular weight excluding hydrogens is 370 g/mol. The number of nitriles is 1. The molecule has 0 radical (unpaired) electrons. The zero-order chi connectivity index (χ0) is 21.9. The van der Waals surface area contributed by atoms with Crippen molar-refractivity contribution < 1.29 is 4.79 Å². The zero-order valence-electron chi connectivity index (χ0n) is 18.8. The van der Waals surface area contributed by atoms with Crippen LogP contribution >= 0.6 is 0 Å². The van der Waals surface area contributed by atoms with Crippen molar-refractivity contribution in [2.24, 2.45) is 5.92 Å². The third-order valence-electron chi connectivity index (χ3n) is 5.51. The van der Waals surface area contributed by atoms with Gasteiger partial charge in [0.15, 0.2) is 0 Å². The Balaban J connectivity index is 2.25. The number of rotatable bonds is 11. The lowest BCUT2D eigenvalue weighted by atomic mass is 9.82. The third-order valence-corrected chi connectivity index (χ3v) is 5.51. The molecule has 3 unspecified atom stereocenters. The molecule has 0 heterocycles. The molecule has 3 atom stereocenters. The number of hydrogen-bond acceptors (Lipinski definition) is 3. The van der Waals surface area contributed by atoms with E-state index in [0.29, 0.717) is 0 Å². The molecule has 0 aliphatic rings. The van der Waals surface area contributed by atoms with Crippen molar-refractivity contribution in [2.45, 2.75) is 51.5 Å². The molecule has 160 valence electrons. The Bertz CT molecular complexity index is 826. The van der Waals surface area contributed by atoms with E-state index in [9.17, 15) is 10.1 Å². The molecule has 2 rings (SSSR count). The van der Waals surface area contributed by atoms with Crippen molar-refractivity contribution in [3.63, 3.8) is 0 Å². The van der Waals surface area contributed by atoms with Crippen LogP contribution in [0.2, 0.25) is 0 Å². The molecule has 1 amide bonds. The van der Waals surface area contributed by atoms with Crippen LogP contribution in [0.3, 0.4) is 0 Å². The van der Waals surface area contributed by atoms with E-state index in [1.54, 1.807) is 0 Å². The number of nitrogens with one attached hydrogen (secondary N) is 1. The molecule has 2 aromatic carbocycles. The second kappa shape index (κ2) is 12.1. The van der Waals surface area contributed by atoms with Gasteiger partial charge in [0.05, 0.1) is 12.1 Å². The molecule has 2 aromatic rings. The summed E-state index contributed by atoms with van der Waals surface area (Å²) in [6, 6.07) is 20.5. The third kappa shape index (κ3) is 7.00. The largest absolute Gasteiger partial charge is 0.348 e. The summed E-state index contributed by atoms with van der Waals surface area (Å²) in [6.07, 6.45) is 3.55. The van der Waals surface area contributed by atoms with Gasteiger partial charge in [-0.3, -0.25) is 4.79 Å². The van der Waals surface area contributed by atoms with Gasteiger partial charge in [0, 0.05) is 5.92 Å². The van der Waals surface area contributed by atoms with Crippen LogP contribution in [-0.2, 0) is 4.79 Å². The van der Waals surface area contributed by atoms with Crippen LogP contribution in [0.4, 0.5) is 0 Å². The lowest BCUT2D eigenvalue weighted by molar-refractivity contribution is -0.124. The number of hydrogen-bond donors (Lipinski definition) is 1. The van der Waals surface area contributed by atoms with Gasteiger partial charge in [-0.2, -0.15) is 5.26 Å². The number of amides is 1. The molecule has 4 heteroatoms. The summed E-state index contributed by atoms with van der Waals surface area (Å²) in [5.74, 6) is -0.999. The van der Waals surface area contributed by atoms with Crippen LogP contribution in [0.25, 0.3) is 0 Å². The number of benzene rings is 2. The summed E-state index contributed by atoms with van der Waals surface area (Å²) in [7, 11) is 4.09. The lowest BCUT2D eigenvalue weighted by Gasteiger charge is -2.26. The van der Waals surface area contributed by atoms with Crippen LogP contribution in [0.5, 0.6) is 0 Å². The monoisotopic (exact) mass is 405 g/mol. The van der Waals surface area contributed by atoms with E-state index in [0.717, 1.165) is 48.9 Å². The Morgan fingerprint density at radius 2 is 1.77 bits per heavy atom. The smallest absolute Gasteiger partial charge is 0.238 e. The van der Waals surface area contributed by atoms with Gasteiger partial charge in [0.25, 0.3) is 0 Å². The van der Waals surface area contributed by atoms with Crippen LogP contribution in [0.1, 0.15) is 61.3 Å². The van der Waals surface area contributed by atoms with E-state index >= 15 is 0 Å². The van der Waals surface area contributed by atoms with Gasteiger partial charge in [-0.1, -0.05) is 73.5 Å². The normalized spacial score (nSPS) is 14.0. The molecule has 4 nitrogen and oxygen atoms in total. The van der Waals surface area contributed by atoms with E-state index in [-0.39, 0.29) is 17.9 Å². The van der Waals surface area contributed by atoms with Crippen molar-refractivity contribution >= 4 is 5.91 Å². The summed E-state index contributed by atoms with van der Waals surface area (Å²) in [5, 5.41) is 13.2. The fourth-order valence-corrected chi connectivity index (χ4v) is 3.94. The first-order valence-electron chi connectivity index (χ1n) is 10.9. The van der Waals surface area contributed by atoms with Crippen molar-refractivity contribution in [3.8, 4) is 6.07 Å². The molecule has 0 spiro atoms. The predicted octanol–water partition coefficient (Wildman–Crippen LogP) is 5.22. The van der Waals surface area contributed by atoms with Gasteiger partial charge >= 0.3 is 0 Å². The number of aryl methyl sites for hydroxylation is 1. The SMILES string of the molecule is CCCC(NC(=O)C(C#N)C(CCCN(C)C)c1cccc(C)c1)c1ccccc1. The summed E-state index contributed by atoms with van der Waals surface area (Å²) in [6.45, 7) is 5.10. The second-order valence-electron chi connectivity index (χ2n) is 8.33. The van der Waals surface area contributed by atoms with Crippen LogP contribution in [-0.4, -0.2) is 31.4 Å². The molecule has 0 fully saturated rings. The maximum absolute atomic E-state index is 13.3. The number of carbonyl (C=O) groups excluding carboxylic acids is 1. The average molecular weight is 406 g/mol. The van der Waals surface area contributed by atoms with Gasteiger partial charge in [-0.25, -0.2) is 0 Å². The van der Waals surface area contributed by atoms with E-state index in [4.69, 9.17) is 0 Å². The molecule has 0 aliphatic carbocycles. The van der Waals surface area contributed by atoms with E-state index in [1.165, 1.54) is 0 Å². The first kappa shape index (κ1) is 23.6. The maximum atomic E-state index is 13.3. The Morgan fingerprint density at radius 1 is 1.07 bits per heavy atom. The van der Waals surface area contributed by atoms with Crippen LogP contribution < -0.4 is 5.32 Å². The van der Waals surface area contributed by atoms with Gasteiger partial charge in [0.2, 0.25) is 5.91 Å². The first-order chi connectivity index (χ1) is 14.5. The zero-order valence-corrected chi connectivity index (χ0v) is 18.8. The van der Waals surface area contributed by atoms with Gasteiger partial charge in [-0.05, 0) is 58.0 Å². The molecular formula is C26H35N3O. The maximum Gasteiger partial charge on any atom is 0.238 e. The Morgan fingerprint density at radius 3 is 2.37 bits per heavy atom. The summed E-state index contributed by atoms with van der Waals surface area (Å²) in [5.41, 5.74) is 3.31. The quantitative estimate of drug-likeness (QED) is 0.558. The Kier molecular flexibility index (Phi) is 9.57. The van der Waals surface area contributed by atoms with Crippen molar-refractivity contribution in [2.75, 3.05) is 20.6 Å². The topological polar surface area (TPSA) is 56.1 Å². The summed E-state index contributed by atoms with van der Waals surface area (Å²) in [4.78, 5) is 15.4. The molecule has 0 aliphatic heterocycles. The molecule has 0 saturated carbocycles. The van der Waals surface area contributed by atoms with E-state index < -0.39 is 5.92 Å². The summed E-state index contributed by atoms with van der Waals surface area (Å²) < 4.78 is 0. The van der Waals surface area contributed by atoms with E-state index in [1.807, 2.05) is 56.6 Å². The Hall–Kier alpha value is -2.64. The van der Waals surface area contributed by atoms with Crippen LogP contribution in [0.15, 0.2) is 54.6 Å². The molecule has 30 heavy (non-hydrogen) atoms. The van der Waals surface area contributed by atoms with Gasteiger partial charge < -0.3 is 10.2 Å². The highest BCUT2D eigenvalue weighted by Gasteiger charge is 2.31. The van der Waals surface area contributed by atoms with Crippen molar-refractivity contribution in [3.05, 3.63) is 71.3 Å². The first-order valence-corrected chi connectivity index (χ1v) is 10.9.